The van der Waals surface area contributed by atoms with Crippen molar-refractivity contribution in [3.05, 3.63) is 70.0 Å². The molecule has 3 aromatic rings. The molecule has 0 unspecified atom stereocenters. The first kappa shape index (κ1) is 21.4. The minimum Gasteiger partial charge on any atom is -0.461 e. The molecule has 0 aliphatic heterocycles. The summed E-state index contributed by atoms with van der Waals surface area (Å²) in [6.45, 7) is 1.45. The van der Waals surface area contributed by atoms with Crippen LogP contribution >= 0.6 is 11.6 Å². The summed E-state index contributed by atoms with van der Waals surface area (Å²) in [5.41, 5.74) is 3.34. The zero-order chi connectivity index (χ0) is 22.1. The van der Waals surface area contributed by atoms with Crippen LogP contribution < -0.4 is 5.73 Å². The third-order valence-electron chi connectivity index (χ3n) is 4.22. The largest absolute Gasteiger partial charge is 0.461 e. The molecule has 1 heterocycles. The van der Waals surface area contributed by atoms with Gasteiger partial charge in [-0.05, 0) is 30.7 Å². The predicted molar refractivity (Wildman–Crippen MR) is 104 cm³/mol. The van der Waals surface area contributed by atoms with Crippen molar-refractivity contribution in [3.63, 3.8) is 0 Å². The van der Waals surface area contributed by atoms with Crippen molar-refractivity contribution in [1.29, 1.82) is 0 Å². The molecule has 3 N–H and O–H groups in total. The highest BCUT2D eigenvalue weighted by Crippen LogP contribution is 2.39. The van der Waals surface area contributed by atoms with Gasteiger partial charge in [0.05, 0.1) is 6.61 Å². The van der Waals surface area contributed by atoms with E-state index < -0.39 is 34.9 Å². The molecule has 0 amide bonds. The van der Waals surface area contributed by atoms with E-state index in [4.69, 9.17) is 22.1 Å². The van der Waals surface area contributed by atoms with Crippen molar-refractivity contribution < 1.29 is 27.5 Å². The lowest BCUT2D eigenvalue weighted by Gasteiger charge is -2.13. The number of aromatic amines is 1. The Morgan fingerprint density at radius 1 is 1.17 bits per heavy atom. The number of carbonyl (C=O) groups is 2. The molecule has 1 aromatic heterocycles. The van der Waals surface area contributed by atoms with Gasteiger partial charge in [-0.3, -0.25) is 9.89 Å². The number of benzene rings is 2. The number of ether oxygens (including phenoxy) is 1. The SMILES string of the molecule is CCOC(=O)c1n[nH]c(C(F)(F)F)c1-c1ccccc1C(=O)c1ccc(Cl)cc1N. The first-order chi connectivity index (χ1) is 14.1. The number of hydrogen-bond acceptors (Lipinski definition) is 5. The zero-order valence-corrected chi connectivity index (χ0v) is 16.3. The van der Waals surface area contributed by atoms with Crippen LogP contribution in [0.25, 0.3) is 11.1 Å². The minimum absolute atomic E-state index is 0.0570. The van der Waals surface area contributed by atoms with Gasteiger partial charge in [0.1, 0.15) is 5.69 Å². The van der Waals surface area contributed by atoms with Crippen molar-refractivity contribution in [2.45, 2.75) is 13.1 Å². The minimum atomic E-state index is -4.86. The number of nitrogen functional groups attached to an aromatic ring is 1. The number of nitrogens with one attached hydrogen (secondary N) is 1. The molecule has 0 saturated heterocycles. The summed E-state index contributed by atoms with van der Waals surface area (Å²) in [6, 6.07) is 9.75. The Morgan fingerprint density at radius 3 is 2.50 bits per heavy atom. The maximum Gasteiger partial charge on any atom is 0.433 e. The van der Waals surface area contributed by atoms with Crippen molar-refractivity contribution in [2.24, 2.45) is 0 Å². The average molecular weight is 438 g/mol. The second-order valence-corrected chi connectivity index (χ2v) is 6.58. The molecule has 0 aliphatic rings. The second kappa shape index (κ2) is 8.19. The van der Waals surface area contributed by atoms with Gasteiger partial charge in [0.15, 0.2) is 11.5 Å². The number of H-pyrrole nitrogens is 1. The lowest BCUT2D eigenvalue weighted by Crippen LogP contribution is -2.12. The van der Waals surface area contributed by atoms with Crippen LogP contribution in [0.1, 0.15) is 39.0 Å². The number of esters is 1. The fourth-order valence-electron chi connectivity index (χ4n) is 2.94. The maximum absolute atomic E-state index is 13.6. The average Bonchev–Trinajstić information content (AvgIpc) is 3.13. The van der Waals surface area contributed by atoms with Crippen LogP contribution in [0.3, 0.4) is 0 Å². The number of alkyl halides is 3. The number of hydrogen-bond donors (Lipinski definition) is 2. The van der Waals surface area contributed by atoms with Crippen molar-refractivity contribution in [2.75, 3.05) is 12.3 Å². The molecule has 156 valence electrons. The van der Waals surface area contributed by atoms with Gasteiger partial charge in [-0.25, -0.2) is 4.79 Å². The van der Waals surface area contributed by atoms with Crippen LogP contribution in [0.5, 0.6) is 0 Å². The summed E-state index contributed by atoms with van der Waals surface area (Å²) < 4.78 is 45.7. The monoisotopic (exact) mass is 437 g/mol. The van der Waals surface area contributed by atoms with E-state index in [0.717, 1.165) is 0 Å². The number of nitrogens with two attached hydrogens (primary N) is 1. The first-order valence-corrected chi connectivity index (χ1v) is 9.04. The van der Waals surface area contributed by atoms with Crippen molar-refractivity contribution in [1.82, 2.24) is 10.2 Å². The van der Waals surface area contributed by atoms with Gasteiger partial charge in [0, 0.05) is 27.4 Å². The van der Waals surface area contributed by atoms with Gasteiger partial charge < -0.3 is 10.5 Å². The summed E-state index contributed by atoms with van der Waals surface area (Å²) in [5.74, 6) is -1.68. The Balaban J connectivity index is 2.24. The molecule has 3 rings (SSSR count). The third kappa shape index (κ3) is 4.02. The molecule has 0 radical (unpaired) electrons. The van der Waals surface area contributed by atoms with E-state index >= 15 is 0 Å². The second-order valence-electron chi connectivity index (χ2n) is 6.15. The lowest BCUT2D eigenvalue weighted by molar-refractivity contribution is -0.140. The quantitative estimate of drug-likeness (QED) is 0.341. The normalized spacial score (nSPS) is 11.4. The van der Waals surface area contributed by atoms with E-state index in [2.05, 4.69) is 5.10 Å². The number of aromatic nitrogens is 2. The highest BCUT2D eigenvalue weighted by atomic mass is 35.5. The third-order valence-corrected chi connectivity index (χ3v) is 4.45. The predicted octanol–water partition coefficient (Wildman–Crippen LogP) is 4.74. The van der Waals surface area contributed by atoms with Crippen molar-refractivity contribution in [3.8, 4) is 11.1 Å². The zero-order valence-electron chi connectivity index (χ0n) is 15.5. The molecular formula is C20H15ClF3N3O3. The number of rotatable bonds is 5. The number of nitrogens with zero attached hydrogens (tertiary/aromatic N) is 1. The van der Waals surface area contributed by atoms with Gasteiger partial charge in [-0.15, -0.1) is 0 Å². The molecule has 0 aliphatic carbocycles. The van der Waals surface area contributed by atoms with Gasteiger partial charge in [-0.1, -0.05) is 35.9 Å². The highest BCUT2D eigenvalue weighted by molar-refractivity contribution is 6.31. The van der Waals surface area contributed by atoms with Crippen LogP contribution in [0.2, 0.25) is 5.02 Å². The topological polar surface area (TPSA) is 98.1 Å². The molecule has 0 spiro atoms. The van der Waals surface area contributed by atoms with Crippen LogP contribution in [0, 0.1) is 0 Å². The Hall–Kier alpha value is -3.33. The lowest BCUT2D eigenvalue weighted by atomic mass is 9.92. The van der Waals surface area contributed by atoms with E-state index in [9.17, 15) is 22.8 Å². The summed E-state index contributed by atoms with van der Waals surface area (Å²) in [6.07, 6.45) is -4.86. The fourth-order valence-corrected chi connectivity index (χ4v) is 3.12. The molecule has 0 bridgehead atoms. The van der Waals surface area contributed by atoms with Gasteiger partial charge in [-0.2, -0.15) is 18.3 Å². The number of anilines is 1. The van der Waals surface area contributed by atoms with Crippen LogP contribution in [-0.2, 0) is 10.9 Å². The van der Waals surface area contributed by atoms with Crippen molar-refractivity contribution >= 4 is 29.0 Å². The van der Waals surface area contributed by atoms with Crippen LogP contribution in [-0.4, -0.2) is 28.6 Å². The number of carbonyl (C=O) groups excluding carboxylic acids is 2. The molecular weight excluding hydrogens is 423 g/mol. The van der Waals surface area contributed by atoms with E-state index in [-0.39, 0.29) is 29.0 Å². The van der Waals surface area contributed by atoms with Gasteiger partial charge >= 0.3 is 12.1 Å². The standard InChI is InChI=1S/C20H15ClF3N3O3/c1-2-30-19(29)16-15(18(27-26-16)20(22,23)24)11-5-3-4-6-12(11)17(28)13-8-7-10(21)9-14(13)25/h3-9H,2,25H2,1H3,(H,26,27). The molecule has 0 saturated carbocycles. The Morgan fingerprint density at radius 2 is 1.87 bits per heavy atom. The number of ketones is 1. The van der Waals surface area contributed by atoms with E-state index in [1.807, 2.05) is 5.10 Å². The van der Waals surface area contributed by atoms with E-state index in [0.29, 0.717) is 5.02 Å². The summed E-state index contributed by atoms with van der Waals surface area (Å²) in [4.78, 5) is 25.3. The Bertz CT molecular complexity index is 1130. The first-order valence-electron chi connectivity index (χ1n) is 8.67. The van der Waals surface area contributed by atoms with Gasteiger partial charge in [0.2, 0.25) is 0 Å². The van der Waals surface area contributed by atoms with E-state index in [1.54, 1.807) is 0 Å². The summed E-state index contributed by atoms with van der Waals surface area (Å²) >= 11 is 5.86. The maximum atomic E-state index is 13.6. The molecule has 6 nitrogen and oxygen atoms in total. The molecule has 0 atom stereocenters. The molecule has 10 heteroatoms. The van der Waals surface area contributed by atoms with E-state index in [1.165, 1.54) is 49.4 Å². The summed E-state index contributed by atoms with van der Waals surface area (Å²) in [7, 11) is 0. The molecule has 2 aromatic carbocycles. The molecule has 30 heavy (non-hydrogen) atoms. The highest BCUT2D eigenvalue weighted by Gasteiger charge is 2.40. The fraction of sp³-hybridized carbons (Fsp3) is 0.150. The van der Waals surface area contributed by atoms with Crippen LogP contribution in [0.4, 0.5) is 18.9 Å². The Kier molecular flexibility index (Phi) is 5.84. The smallest absolute Gasteiger partial charge is 0.433 e. The number of halogens is 4. The summed E-state index contributed by atoms with van der Waals surface area (Å²) in [5, 5.41) is 5.66. The Labute approximate surface area is 173 Å². The van der Waals surface area contributed by atoms with Gasteiger partial charge in [0.25, 0.3) is 0 Å². The van der Waals surface area contributed by atoms with Crippen LogP contribution in [0.15, 0.2) is 42.5 Å². The molecule has 0 fully saturated rings.